The van der Waals surface area contributed by atoms with Crippen LogP contribution in [0.3, 0.4) is 0 Å². The summed E-state index contributed by atoms with van der Waals surface area (Å²) in [7, 11) is 1.27. The highest BCUT2D eigenvalue weighted by Gasteiger charge is 2.31. The largest absolute Gasteiger partial charge is 0.490 e. The predicted octanol–water partition coefficient (Wildman–Crippen LogP) is 1.85. The number of benzene rings is 2. The lowest BCUT2D eigenvalue weighted by atomic mass is 10.1. The minimum Gasteiger partial charge on any atom is -0.490 e. The highest BCUT2D eigenvalue weighted by molar-refractivity contribution is 6.11. The maximum absolute atomic E-state index is 12.6. The third-order valence-electron chi connectivity index (χ3n) is 4.01. The van der Waals surface area contributed by atoms with E-state index in [-0.39, 0.29) is 28.3 Å². The quantitative estimate of drug-likeness (QED) is 0.341. The number of imide groups is 1. The summed E-state index contributed by atoms with van der Waals surface area (Å²) in [5, 5.41) is 11.1. The second kappa shape index (κ2) is 7.24. The van der Waals surface area contributed by atoms with Gasteiger partial charge < -0.3 is 9.47 Å². The number of fused-ring (bicyclic) bond motifs is 1. The third kappa shape index (κ3) is 3.47. The number of hydrogen-bond acceptors (Lipinski definition) is 7. The van der Waals surface area contributed by atoms with E-state index in [1.165, 1.54) is 25.3 Å². The van der Waals surface area contributed by atoms with Crippen molar-refractivity contribution in [3.8, 4) is 11.5 Å². The van der Waals surface area contributed by atoms with E-state index in [0.29, 0.717) is 0 Å². The standard InChI is InChI=1S/C18H14N2O7/c1-26-16-7-6-11(8-13(16)20(24)25)14(21)9-19-17(22)10-27-15-5-3-2-4-12(15)18(19)23/h2-8H,9-10H2,1H3. The molecule has 1 heterocycles. The average Bonchev–Trinajstić information content (AvgIpc) is 2.79. The van der Waals surface area contributed by atoms with Crippen LogP contribution in [0.15, 0.2) is 42.5 Å². The Kier molecular flexibility index (Phi) is 4.84. The van der Waals surface area contributed by atoms with E-state index >= 15 is 0 Å². The molecule has 2 amide bonds. The van der Waals surface area contributed by atoms with Crippen LogP contribution in [0, 0.1) is 10.1 Å². The van der Waals surface area contributed by atoms with Gasteiger partial charge in [0.1, 0.15) is 5.75 Å². The molecule has 9 heteroatoms. The Morgan fingerprint density at radius 1 is 1.26 bits per heavy atom. The van der Waals surface area contributed by atoms with Crippen molar-refractivity contribution >= 4 is 23.3 Å². The van der Waals surface area contributed by atoms with Crippen molar-refractivity contribution in [3.63, 3.8) is 0 Å². The van der Waals surface area contributed by atoms with E-state index in [1.54, 1.807) is 18.2 Å². The SMILES string of the molecule is COc1ccc(C(=O)CN2C(=O)COc3ccccc3C2=O)cc1[N+](=O)[O-]. The Bertz CT molecular complexity index is 954. The summed E-state index contributed by atoms with van der Waals surface area (Å²) in [6.45, 7) is -0.947. The van der Waals surface area contributed by atoms with Gasteiger partial charge in [-0.2, -0.15) is 0 Å². The molecule has 0 bridgehead atoms. The second-order valence-corrected chi connectivity index (χ2v) is 5.64. The number of nitro benzene ring substituents is 1. The number of ketones is 1. The molecule has 0 aliphatic carbocycles. The maximum Gasteiger partial charge on any atom is 0.311 e. The van der Waals surface area contributed by atoms with Gasteiger partial charge in [-0.15, -0.1) is 0 Å². The van der Waals surface area contributed by atoms with Crippen LogP contribution in [0.5, 0.6) is 11.5 Å². The number of methoxy groups -OCH3 is 1. The molecule has 3 rings (SSSR count). The minimum atomic E-state index is -0.679. The lowest BCUT2D eigenvalue weighted by Gasteiger charge is -2.17. The summed E-state index contributed by atoms with van der Waals surface area (Å²) >= 11 is 0. The van der Waals surface area contributed by atoms with Crippen molar-refractivity contribution in [2.24, 2.45) is 0 Å². The van der Waals surface area contributed by atoms with Crippen LogP contribution in [0.2, 0.25) is 0 Å². The number of ether oxygens (including phenoxy) is 2. The van der Waals surface area contributed by atoms with Crippen molar-refractivity contribution in [1.82, 2.24) is 4.90 Å². The number of amides is 2. The summed E-state index contributed by atoms with van der Waals surface area (Å²) in [5.74, 6) is -1.70. The summed E-state index contributed by atoms with van der Waals surface area (Å²) in [6, 6.07) is 10.0. The van der Waals surface area contributed by atoms with E-state index in [1.807, 2.05) is 0 Å². The molecular weight excluding hydrogens is 356 g/mol. The third-order valence-corrected chi connectivity index (χ3v) is 4.01. The molecule has 0 unspecified atom stereocenters. The molecule has 9 nitrogen and oxygen atoms in total. The Labute approximate surface area is 153 Å². The van der Waals surface area contributed by atoms with Gasteiger partial charge >= 0.3 is 5.69 Å². The van der Waals surface area contributed by atoms with Crippen molar-refractivity contribution in [1.29, 1.82) is 0 Å². The van der Waals surface area contributed by atoms with Gasteiger partial charge in [0.05, 0.1) is 24.1 Å². The first kappa shape index (κ1) is 18.1. The van der Waals surface area contributed by atoms with Gasteiger partial charge in [0.15, 0.2) is 18.1 Å². The van der Waals surface area contributed by atoms with Gasteiger partial charge in [0.2, 0.25) is 0 Å². The molecule has 0 atom stereocenters. The Balaban J connectivity index is 1.89. The molecular formula is C18H14N2O7. The number of carbonyl (C=O) groups excluding carboxylic acids is 3. The number of hydrogen-bond donors (Lipinski definition) is 0. The van der Waals surface area contributed by atoms with Crippen LogP contribution in [0.25, 0.3) is 0 Å². The van der Waals surface area contributed by atoms with Gasteiger partial charge in [-0.1, -0.05) is 12.1 Å². The van der Waals surface area contributed by atoms with Crippen LogP contribution < -0.4 is 9.47 Å². The maximum atomic E-state index is 12.6. The number of nitrogens with zero attached hydrogens (tertiary/aromatic N) is 2. The first-order chi connectivity index (χ1) is 12.9. The molecule has 27 heavy (non-hydrogen) atoms. The Hall–Kier alpha value is -3.75. The van der Waals surface area contributed by atoms with E-state index in [9.17, 15) is 24.5 Å². The van der Waals surface area contributed by atoms with Crippen LogP contribution in [-0.2, 0) is 4.79 Å². The summed E-state index contributed by atoms with van der Waals surface area (Å²) in [5.41, 5.74) is -0.232. The van der Waals surface area contributed by atoms with E-state index < -0.39 is 35.7 Å². The molecule has 0 N–H and O–H groups in total. The van der Waals surface area contributed by atoms with Gasteiger partial charge in [-0.3, -0.25) is 29.4 Å². The van der Waals surface area contributed by atoms with Crippen LogP contribution in [0.4, 0.5) is 5.69 Å². The van der Waals surface area contributed by atoms with Crippen LogP contribution >= 0.6 is 0 Å². The molecule has 2 aromatic rings. The van der Waals surface area contributed by atoms with E-state index in [0.717, 1.165) is 11.0 Å². The fraction of sp³-hybridized carbons (Fsp3) is 0.167. The molecule has 0 saturated carbocycles. The lowest BCUT2D eigenvalue weighted by molar-refractivity contribution is -0.385. The predicted molar refractivity (Wildman–Crippen MR) is 92.0 cm³/mol. The molecule has 0 radical (unpaired) electrons. The molecule has 0 fully saturated rings. The zero-order valence-corrected chi connectivity index (χ0v) is 14.2. The smallest absolute Gasteiger partial charge is 0.311 e. The number of Topliss-reactive ketones (excluding diaryl/α,β-unsaturated/α-hetero) is 1. The molecule has 2 aromatic carbocycles. The molecule has 1 aliphatic rings. The van der Waals surface area contributed by atoms with E-state index in [4.69, 9.17) is 9.47 Å². The Morgan fingerprint density at radius 2 is 2.00 bits per heavy atom. The highest BCUT2D eigenvalue weighted by Crippen LogP contribution is 2.28. The van der Waals surface area contributed by atoms with Gasteiger partial charge in [-0.05, 0) is 24.3 Å². The zero-order chi connectivity index (χ0) is 19.6. The topological polar surface area (TPSA) is 116 Å². The fourth-order valence-electron chi connectivity index (χ4n) is 2.65. The van der Waals surface area contributed by atoms with Gasteiger partial charge in [0, 0.05) is 11.6 Å². The number of carbonyl (C=O) groups is 3. The molecule has 0 aromatic heterocycles. The summed E-state index contributed by atoms with van der Waals surface area (Å²) in [4.78, 5) is 48.6. The first-order valence-electron chi connectivity index (χ1n) is 7.84. The lowest BCUT2D eigenvalue weighted by Crippen LogP contribution is -2.41. The summed E-state index contributed by atoms with van der Waals surface area (Å²) < 4.78 is 10.2. The second-order valence-electron chi connectivity index (χ2n) is 5.64. The number of nitro groups is 1. The molecule has 0 saturated heterocycles. The molecule has 1 aliphatic heterocycles. The average molecular weight is 370 g/mol. The van der Waals surface area contributed by atoms with Crippen molar-refractivity contribution in [2.75, 3.05) is 20.3 Å². The molecule has 138 valence electrons. The van der Waals surface area contributed by atoms with Crippen LogP contribution in [-0.4, -0.2) is 47.7 Å². The highest BCUT2D eigenvalue weighted by atomic mass is 16.6. The van der Waals surface area contributed by atoms with Crippen molar-refractivity contribution in [2.45, 2.75) is 0 Å². The van der Waals surface area contributed by atoms with Crippen molar-refractivity contribution < 1.29 is 28.8 Å². The molecule has 0 spiro atoms. The normalized spacial score (nSPS) is 13.4. The number of para-hydroxylation sites is 1. The monoisotopic (exact) mass is 370 g/mol. The van der Waals surface area contributed by atoms with Crippen molar-refractivity contribution in [3.05, 3.63) is 63.7 Å². The minimum absolute atomic E-state index is 0.000743. The number of rotatable bonds is 5. The van der Waals surface area contributed by atoms with Gasteiger partial charge in [0.25, 0.3) is 11.8 Å². The zero-order valence-electron chi connectivity index (χ0n) is 14.2. The Morgan fingerprint density at radius 3 is 2.70 bits per heavy atom. The van der Waals surface area contributed by atoms with E-state index in [2.05, 4.69) is 0 Å². The first-order valence-corrected chi connectivity index (χ1v) is 7.84. The van der Waals surface area contributed by atoms with Gasteiger partial charge in [-0.25, -0.2) is 0 Å². The fourth-order valence-corrected chi connectivity index (χ4v) is 2.65. The summed E-state index contributed by atoms with van der Waals surface area (Å²) in [6.07, 6.45) is 0. The van der Waals surface area contributed by atoms with Crippen LogP contribution in [0.1, 0.15) is 20.7 Å².